The molecule has 2 aromatic heterocycles. The summed E-state index contributed by atoms with van der Waals surface area (Å²) in [5.74, 6) is 1.89. The average molecular weight is 404 g/mol. The second-order valence-electron chi connectivity index (χ2n) is 7.39. The van der Waals surface area contributed by atoms with Gasteiger partial charge in [0.2, 0.25) is 0 Å². The molecule has 0 radical (unpaired) electrons. The highest BCUT2D eigenvalue weighted by molar-refractivity contribution is 6.30. The maximum Gasteiger partial charge on any atom is 0.159 e. The fourth-order valence-corrected chi connectivity index (χ4v) is 4.17. The van der Waals surface area contributed by atoms with Crippen LogP contribution in [0.15, 0.2) is 54.7 Å². The summed E-state index contributed by atoms with van der Waals surface area (Å²) in [5.41, 5.74) is 5.62. The number of hydrogen-bond donors (Lipinski definition) is 0. The van der Waals surface area contributed by atoms with E-state index in [4.69, 9.17) is 21.6 Å². The molecule has 0 unspecified atom stereocenters. The SMILES string of the molecule is CCn1c(CN2CCc3nc(-c4ccc(Cl)cc4)ncc3C2)nc2ccccc21. The summed E-state index contributed by atoms with van der Waals surface area (Å²) in [6.07, 6.45) is 2.89. The monoisotopic (exact) mass is 403 g/mol. The summed E-state index contributed by atoms with van der Waals surface area (Å²) in [7, 11) is 0. The molecule has 5 rings (SSSR count). The highest BCUT2D eigenvalue weighted by atomic mass is 35.5. The lowest BCUT2D eigenvalue weighted by Gasteiger charge is -2.27. The van der Waals surface area contributed by atoms with Gasteiger partial charge in [-0.1, -0.05) is 23.7 Å². The molecule has 3 heterocycles. The van der Waals surface area contributed by atoms with Gasteiger partial charge in [-0.3, -0.25) is 4.90 Å². The summed E-state index contributed by atoms with van der Waals surface area (Å²) in [4.78, 5) is 16.7. The smallest absolute Gasteiger partial charge is 0.159 e. The molecule has 146 valence electrons. The van der Waals surface area contributed by atoms with Gasteiger partial charge in [-0.2, -0.15) is 0 Å². The van der Waals surface area contributed by atoms with Crippen molar-refractivity contribution in [3.8, 4) is 11.4 Å². The second kappa shape index (κ2) is 7.58. The van der Waals surface area contributed by atoms with Crippen molar-refractivity contribution in [3.05, 3.63) is 76.8 Å². The van der Waals surface area contributed by atoms with Gasteiger partial charge in [0, 0.05) is 48.4 Å². The molecule has 0 spiro atoms. The second-order valence-corrected chi connectivity index (χ2v) is 7.83. The minimum Gasteiger partial charge on any atom is -0.327 e. The van der Waals surface area contributed by atoms with E-state index < -0.39 is 0 Å². The summed E-state index contributed by atoms with van der Waals surface area (Å²) in [6.45, 7) is 5.75. The third-order valence-corrected chi connectivity index (χ3v) is 5.78. The maximum atomic E-state index is 5.99. The molecule has 0 atom stereocenters. The van der Waals surface area contributed by atoms with Crippen molar-refractivity contribution in [3.63, 3.8) is 0 Å². The summed E-state index contributed by atoms with van der Waals surface area (Å²) in [5, 5.41) is 0.723. The molecule has 1 aliphatic heterocycles. The van der Waals surface area contributed by atoms with E-state index in [9.17, 15) is 0 Å². The standard InChI is InChI=1S/C23H22ClN5/c1-2-29-21-6-4-3-5-20(21)26-22(29)15-28-12-11-19-17(14-28)13-25-23(27-19)16-7-9-18(24)10-8-16/h3-10,13H,2,11-12,14-15H2,1H3. The number of fused-ring (bicyclic) bond motifs is 2. The van der Waals surface area contributed by atoms with E-state index in [1.165, 1.54) is 11.1 Å². The largest absolute Gasteiger partial charge is 0.327 e. The van der Waals surface area contributed by atoms with Crippen LogP contribution >= 0.6 is 11.6 Å². The van der Waals surface area contributed by atoms with Crippen LogP contribution in [0.25, 0.3) is 22.4 Å². The van der Waals surface area contributed by atoms with Crippen LogP contribution in [0.4, 0.5) is 0 Å². The molecule has 2 aromatic carbocycles. The number of aromatic nitrogens is 4. The number of nitrogens with zero attached hydrogens (tertiary/aromatic N) is 5. The molecule has 0 aliphatic carbocycles. The highest BCUT2D eigenvalue weighted by Crippen LogP contribution is 2.24. The van der Waals surface area contributed by atoms with Crippen LogP contribution in [0.2, 0.25) is 5.02 Å². The lowest BCUT2D eigenvalue weighted by atomic mass is 10.1. The normalized spacial score (nSPS) is 14.3. The fraction of sp³-hybridized carbons (Fsp3) is 0.261. The summed E-state index contributed by atoms with van der Waals surface area (Å²) >= 11 is 5.99. The highest BCUT2D eigenvalue weighted by Gasteiger charge is 2.21. The van der Waals surface area contributed by atoms with E-state index >= 15 is 0 Å². The zero-order chi connectivity index (χ0) is 19.8. The molecule has 0 bridgehead atoms. The molecular formula is C23H22ClN5. The van der Waals surface area contributed by atoms with Crippen LogP contribution in [0.1, 0.15) is 24.0 Å². The van der Waals surface area contributed by atoms with Gasteiger partial charge in [-0.25, -0.2) is 15.0 Å². The van der Waals surface area contributed by atoms with Crippen molar-refractivity contribution >= 4 is 22.6 Å². The summed E-state index contributed by atoms with van der Waals surface area (Å²) in [6, 6.07) is 16.0. The van der Waals surface area contributed by atoms with Crippen molar-refractivity contribution in [2.24, 2.45) is 0 Å². The number of para-hydroxylation sites is 2. The molecule has 1 aliphatic rings. The number of aryl methyl sites for hydroxylation is 1. The van der Waals surface area contributed by atoms with Crippen LogP contribution in [0, 0.1) is 0 Å². The van der Waals surface area contributed by atoms with Gasteiger partial charge in [0.05, 0.1) is 23.3 Å². The Hall–Kier alpha value is -2.76. The van der Waals surface area contributed by atoms with Crippen LogP contribution in [-0.4, -0.2) is 31.0 Å². The Morgan fingerprint density at radius 1 is 1.03 bits per heavy atom. The van der Waals surface area contributed by atoms with E-state index in [0.717, 1.165) is 66.0 Å². The maximum absolute atomic E-state index is 5.99. The van der Waals surface area contributed by atoms with E-state index in [1.807, 2.05) is 36.5 Å². The topological polar surface area (TPSA) is 46.8 Å². The molecule has 5 nitrogen and oxygen atoms in total. The Balaban J connectivity index is 1.37. The first-order valence-corrected chi connectivity index (χ1v) is 10.4. The van der Waals surface area contributed by atoms with E-state index in [0.29, 0.717) is 0 Å². The molecular weight excluding hydrogens is 382 g/mol. The first-order valence-electron chi connectivity index (χ1n) is 9.98. The van der Waals surface area contributed by atoms with Crippen molar-refractivity contribution in [1.29, 1.82) is 0 Å². The van der Waals surface area contributed by atoms with Gasteiger partial charge in [-0.05, 0) is 43.3 Å². The Labute approximate surface area is 175 Å². The van der Waals surface area contributed by atoms with Crippen LogP contribution in [-0.2, 0) is 26.1 Å². The first kappa shape index (κ1) is 18.3. The molecule has 0 amide bonds. The number of hydrogen-bond acceptors (Lipinski definition) is 4. The quantitative estimate of drug-likeness (QED) is 0.494. The number of halogens is 1. The van der Waals surface area contributed by atoms with Crippen molar-refractivity contribution in [1.82, 2.24) is 24.4 Å². The molecule has 0 N–H and O–H groups in total. The number of benzene rings is 2. The molecule has 0 saturated heterocycles. The zero-order valence-corrected chi connectivity index (χ0v) is 17.1. The van der Waals surface area contributed by atoms with Crippen molar-refractivity contribution in [2.45, 2.75) is 33.0 Å². The lowest BCUT2D eigenvalue weighted by molar-refractivity contribution is 0.234. The van der Waals surface area contributed by atoms with Gasteiger partial charge >= 0.3 is 0 Å². The Kier molecular flexibility index (Phi) is 4.78. The van der Waals surface area contributed by atoms with E-state index in [-0.39, 0.29) is 0 Å². The van der Waals surface area contributed by atoms with Gasteiger partial charge in [-0.15, -0.1) is 0 Å². The minimum atomic E-state index is 0.723. The van der Waals surface area contributed by atoms with Gasteiger partial charge < -0.3 is 4.57 Å². The third kappa shape index (κ3) is 3.52. The Morgan fingerprint density at radius 3 is 2.69 bits per heavy atom. The molecule has 29 heavy (non-hydrogen) atoms. The minimum absolute atomic E-state index is 0.723. The van der Waals surface area contributed by atoms with E-state index in [2.05, 4.69) is 39.6 Å². The lowest BCUT2D eigenvalue weighted by Crippen LogP contribution is -2.32. The van der Waals surface area contributed by atoms with Crippen molar-refractivity contribution < 1.29 is 0 Å². The third-order valence-electron chi connectivity index (χ3n) is 5.53. The predicted octanol–water partition coefficient (Wildman–Crippen LogP) is 4.72. The van der Waals surface area contributed by atoms with Gasteiger partial charge in [0.1, 0.15) is 5.82 Å². The van der Waals surface area contributed by atoms with Crippen LogP contribution in [0.3, 0.4) is 0 Å². The van der Waals surface area contributed by atoms with Crippen LogP contribution < -0.4 is 0 Å². The molecule has 4 aromatic rings. The fourth-order valence-electron chi connectivity index (χ4n) is 4.05. The summed E-state index contributed by atoms with van der Waals surface area (Å²) < 4.78 is 2.31. The molecule has 6 heteroatoms. The van der Waals surface area contributed by atoms with Crippen molar-refractivity contribution in [2.75, 3.05) is 6.54 Å². The van der Waals surface area contributed by atoms with Gasteiger partial charge in [0.25, 0.3) is 0 Å². The van der Waals surface area contributed by atoms with Crippen LogP contribution in [0.5, 0.6) is 0 Å². The molecule has 0 fully saturated rings. The van der Waals surface area contributed by atoms with Gasteiger partial charge in [0.15, 0.2) is 5.82 Å². The number of imidazole rings is 1. The zero-order valence-electron chi connectivity index (χ0n) is 16.3. The average Bonchev–Trinajstić information content (AvgIpc) is 3.11. The van der Waals surface area contributed by atoms with E-state index in [1.54, 1.807) is 0 Å². The Bertz CT molecular complexity index is 1170. The predicted molar refractivity (Wildman–Crippen MR) is 116 cm³/mol. The first-order chi connectivity index (χ1) is 14.2. The number of rotatable bonds is 4. The Morgan fingerprint density at radius 2 is 1.86 bits per heavy atom. The molecule has 0 saturated carbocycles.